The molecule has 0 bridgehead atoms. The third-order valence-corrected chi connectivity index (χ3v) is 5.56. The number of hydrogen-bond acceptors (Lipinski definition) is 6. The lowest BCUT2D eigenvalue weighted by Crippen LogP contribution is -2.19. The second kappa shape index (κ2) is 10.9. The van der Waals surface area contributed by atoms with Crippen LogP contribution in [-0.2, 0) is 27.2 Å². The van der Waals surface area contributed by atoms with Crippen molar-refractivity contribution in [3.05, 3.63) is 58.4 Å². The molecular formula is C23H26N2O5S. The number of carbonyl (C=O) groups is 2. The zero-order chi connectivity index (χ0) is 22.2. The van der Waals surface area contributed by atoms with Crippen LogP contribution in [0.5, 0.6) is 5.75 Å². The number of benzene rings is 2. The number of ether oxygens (including phenoxy) is 3. The fourth-order valence-electron chi connectivity index (χ4n) is 3.09. The maximum absolute atomic E-state index is 12.6. The van der Waals surface area contributed by atoms with Gasteiger partial charge in [0.2, 0.25) is 0 Å². The smallest absolute Gasteiger partial charge is 0.338 e. The number of thiazole rings is 1. The standard InChI is InChI=1S/C23H26N2O5S/c1-4-29-18-9-6-16(7-10-18)14-21(26)24-23-25(12-13-28-3)19-11-8-17(15-20(19)31-23)22(27)30-5-2/h6-11,15H,4-5,12-14H2,1-3H3. The molecule has 0 spiro atoms. The van der Waals surface area contributed by atoms with Gasteiger partial charge in [0, 0.05) is 13.7 Å². The van der Waals surface area contributed by atoms with Gasteiger partial charge in [-0.1, -0.05) is 23.5 Å². The topological polar surface area (TPSA) is 79.1 Å². The zero-order valence-corrected chi connectivity index (χ0v) is 18.7. The number of amides is 1. The lowest BCUT2D eigenvalue weighted by Gasteiger charge is -2.05. The van der Waals surface area contributed by atoms with Crippen LogP contribution in [-0.4, -0.2) is 43.4 Å². The molecule has 1 aromatic heterocycles. The molecule has 3 rings (SSSR count). The second-order valence-corrected chi connectivity index (χ2v) is 7.70. The van der Waals surface area contributed by atoms with Crippen LogP contribution >= 0.6 is 11.3 Å². The lowest BCUT2D eigenvalue weighted by atomic mass is 10.1. The molecule has 164 valence electrons. The summed E-state index contributed by atoms with van der Waals surface area (Å²) >= 11 is 1.36. The van der Waals surface area contributed by atoms with E-state index in [9.17, 15) is 9.59 Å². The first-order valence-corrected chi connectivity index (χ1v) is 11.0. The van der Waals surface area contributed by atoms with Crippen LogP contribution < -0.4 is 9.54 Å². The number of esters is 1. The molecule has 7 nitrogen and oxygen atoms in total. The van der Waals surface area contributed by atoms with Crippen molar-refractivity contribution < 1.29 is 23.8 Å². The highest BCUT2D eigenvalue weighted by Gasteiger charge is 2.13. The van der Waals surface area contributed by atoms with Crippen LogP contribution in [0.15, 0.2) is 47.5 Å². The molecule has 3 aromatic rings. The van der Waals surface area contributed by atoms with Gasteiger partial charge in [-0.15, -0.1) is 0 Å². The number of nitrogens with zero attached hydrogens (tertiary/aromatic N) is 2. The van der Waals surface area contributed by atoms with E-state index < -0.39 is 0 Å². The summed E-state index contributed by atoms with van der Waals surface area (Å²) in [6.07, 6.45) is 0.193. The monoisotopic (exact) mass is 442 g/mol. The second-order valence-electron chi connectivity index (χ2n) is 6.69. The van der Waals surface area contributed by atoms with Crippen LogP contribution in [0.25, 0.3) is 10.2 Å². The van der Waals surface area contributed by atoms with Crippen LogP contribution in [0.4, 0.5) is 0 Å². The van der Waals surface area contributed by atoms with Gasteiger partial charge < -0.3 is 18.8 Å². The highest BCUT2D eigenvalue weighted by molar-refractivity contribution is 7.16. The van der Waals surface area contributed by atoms with Gasteiger partial charge in [-0.25, -0.2) is 4.79 Å². The molecule has 0 saturated heterocycles. The van der Waals surface area contributed by atoms with Crippen molar-refractivity contribution in [3.8, 4) is 5.75 Å². The minimum Gasteiger partial charge on any atom is -0.494 e. The molecule has 1 amide bonds. The van der Waals surface area contributed by atoms with Crippen molar-refractivity contribution in [1.29, 1.82) is 0 Å². The summed E-state index contributed by atoms with van der Waals surface area (Å²) in [5.74, 6) is 0.161. The molecular weight excluding hydrogens is 416 g/mol. The Balaban J connectivity index is 1.91. The van der Waals surface area contributed by atoms with Crippen molar-refractivity contribution in [3.63, 3.8) is 0 Å². The first-order valence-electron chi connectivity index (χ1n) is 10.1. The third kappa shape index (κ3) is 5.80. The minimum absolute atomic E-state index is 0.193. The van der Waals surface area contributed by atoms with Crippen molar-refractivity contribution in [1.82, 2.24) is 4.57 Å². The average Bonchev–Trinajstić information content (AvgIpc) is 3.09. The summed E-state index contributed by atoms with van der Waals surface area (Å²) in [5.41, 5.74) is 2.23. The average molecular weight is 443 g/mol. The van der Waals surface area contributed by atoms with E-state index in [0.717, 1.165) is 21.5 Å². The van der Waals surface area contributed by atoms with Gasteiger partial charge in [0.25, 0.3) is 5.91 Å². The van der Waals surface area contributed by atoms with Crippen molar-refractivity contribution in [2.24, 2.45) is 4.99 Å². The Bertz CT molecular complexity index is 1120. The summed E-state index contributed by atoms with van der Waals surface area (Å²) in [6.45, 7) is 5.63. The maximum atomic E-state index is 12.6. The van der Waals surface area contributed by atoms with Crippen LogP contribution in [0.2, 0.25) is 0 Å². The van der Waals surface area contributed by atoms with Gasteiger partial charge in [-0.05, 0) is 49.7 Å². The van der Waals surface area contributed by atoms with Gasteiger partial charge in [0.1, 0.15) is 5.75 Å². The Morgan fingerprint density at radius 2 is 1.84 bits per heavy atom. The molecule has 0 aliphatic rings. The molecule has 0 aliphatic heterocycles. The predicted octanol–water partition coefficient (Wildman–Crippen LogP) is 3.59. The number of hydrogen-bond donors (Lipinski definition) is 0. The van der Waals surface area contributed by atoms with E-state index in [0.29, 0.717) is 36.7 Å². The van der Waals surface area contributed by atoms with Crippen molar-refractivity contribution in [2.75, 3.05) is 26.9 Å². The zero-order valence-electron chi connectivity index (χ0n) is 17.9. The summed E-state index contributed by atoms with van der Waals surface area (Å²) < 4.78 is 18.5. The molecule has 8 heteroatoms. The summed E-state index contributed by atoms with van der Waals surface area (Å²) in [5, 5.41) is 0. The molecule has 0 fully saturated rings. The SMILES string of the molecule is CCOC(=O)c1ccc2c(c1)sc(=NC(=O)Cc1ccc(OCC)cc1)n2CCOC. The van der Waals surface area contributed by atoms with Gasteiger partial charge in [0.15, 0.2) is 4.80 Å². The van der Waals surface area contributed by atoms with Crippen molar-refractivity contribution in [2.45, 2.75) is 26.8 Å². The maximum Gasteiger partial charge on any atom is 0.338 e. The number of rotatable bonds is 9. The highest BCUT2D eigenvalue weighted by atomic mass is 32.1. The summed E-state index contributed by atoms with van der Waals surface area (Å²) in [7, 11) is 1.63. The largest absolute Gasteiger partial charge is 0.494 e. The van der Waals surface area contributed by atoms with E-state index in [1.807, 2.05) is 41.8 Å². The Morgan fingerprint density at radius 1 is 1.06 bits per heavy atom. The molecule has 0 atom stereocenters. The first kappa shape index (κ1) is 22.7. The van der Waals surface area contributed by atoms with Crippen molar-refractivity contribution >= 4 is 33.4 Å². The molecule has 0 radical (unpaired) electrons. The molecule has 0 unspecified atom stereocenters. The molecule has 1 heterocycles. The van der Waals surface area contributed by atoms with Crippen LogP contribution in [0.3, 0.4) is 0 Å². The summed E-state index contributed by atoms with van der Waals surface area (Å²) in [4.78, 5) is 29.6. The fourth-order valence-corrected chi connectivity index (χ4v) is 4.20. The van der Waals surface area contributed by atoms with Gasteiger partial charge in [-0.3, -0.25) is 4.79 Å². The van der Waals surface area contributed by atoms with Crippen LogP contribution in [0.1, 0.15) is 29.8 Å². The number of carbonyl (C=O) groups excluding carboxylic acids is 2. The first-order chi connectivity index (χ1) is 15.0. The molecule has 0 N–H and O–H groups in total. The molecule has 31 heavy (non-hydrogen) atoms. The highest BCUT2D eigenvalue weighted by Crippen LogP contribution is 2.20. The van der Waals surface area contributed by atoms with E-state index in [1.54, 1.807) is 26.2 Å². The Hall–Kier alpha value is -2.97. The van der Waals surface area contributed by atoms with Gasteiger partial charge in [-0.2, -0.15) is 4.99 Å². The lowest BCUT2D eigenvalue weighted by molar-refractivity contribution is -0.117. The van der Waals surface area contributed by atoms with E-state index in [1.165, 1.54) is 11.3 Å². The molecule has 0 saturated carbocycles. The van der Waals surface area contributed by atoms with Gasteiger partial charge in [0.05, 0.1) is 42.0 Å². The Kier molecular flexibility index (Phi) is 7.97. The molecule has 2 aromatic carbocycles. The number of methoxy groups -OCH3 is 1. The molecule has 0 aliphatic carbocycles. The Morgan fingerprint density at radius 3 is 2.52 bits per heavy atom. The fraction of sp³-hybridized carbons (Fsp3) is 0.348. The Labute approximate surface area is 184 Å². The summed E-state index contributed by atoms with van der Waals surface area (Å²) in [6, 6.07) is 12.8. The van der Waals surface area contributed by atoms with Crippen LogP contribution in [0, 0.1) is 0 Å². The van der Waals surface area contributed by atoms with E-state index in [-0.39, 0.29) is 18.3 Å². The van der Waals surface area contributed by atoms with E-state index in [4.69, 9.17) is 14.2 Å². The van der Waals surface area contributed by atoms with E-state index >= 15 is 0 Å². The third-order valence-electron chi connectivity index (χ3n) is 4.52. The number of fused-ring (bicyclic) bond motifs is 1. The normalized spacial score (nSPS) is 11.6. The minimum atomic E-state index is -0.369. The predicted molar refractivity (Wildman–Crippen MR) is 120 cm³/mol. The quantitative estimate of drug-likeness (QED) is 0.473. The van der Waals surface area contributed by atoms with E-state index in [2.05, 4.69) is 4.99 Å². The van der Waals surface area contributed by atoms with Gasteiger partial charge >= 0.3 is 5.97 Å². The number of aromatic nitrogens is 1.